The topological polar surface area (TPSA) is 88.5 Å². The van der Waals surface area contributed by atoms with Crippen molar-refractivity contribution in [1.82, 2.24) is 24.8 Å². The Morgan fingerprint density at radius 3 is 2.91 bits per heavy atom. The number of morpholine rings is 1. The van der Waals surface area contributed by atoms with Crippen LogP contribution in [0.4, 0.5) is 0 Å². The van der Waals surface area contributed by atoms with Crippen molar-refractivity contribution in [2.24, 2.45) is 0 Å². The summed E-state index contributed by atoms with van der Waals surface area (Å²) in [7, 11) is 0. The molecule has 5 rings (SSSR count). The first-order valence-corrected chi connectivity index (χ1v) is 11.4. The molecule has 164 valence electrons. The number of carbonyl (C=O) groups excluding carboxylic acids is 2. The third kappa shape index (κ3) is 3.67. The molecule has 5 heterocycles. The number of aromatic nitrogens is 3. The summed E-state index contributed by atoms with van der Waals surface area (Å²) in [5, 5.41) is 2.59. The molecule has 0 N–H and O–H groups in total. The predicted octanol–water partition coefficient (Wildman–Crippen LogP) is 2.28. The highest BCUT2D eigenvalue weighted by atomic mass is 32.1. The lowest BCUT2D eigenvalue weighted by atomic mass is 9.83. The van der Waals surface area contributed by atoms with E-state index in [2.05, 4.69) is 15.0 Å². The second-order valence-electron chi connectivity index (χ2n) is 8.06. The van der Waals surface area contributed by atoms with E-state index < -0.39 is 5.60 Å². The van der Waals surface area contributed by atoms with E-state index in [1.54, 1.807) is 33.8 Å². The van der Waals surface area contributed by atoms with Gasteiger partial charge < -0.3 is 14.5 Å². The van der Waals surface area contributed by atoms with Gasteiger partial charge in [0.05, 0.1) is 30.4 Å². The Morgan fingerprint density at radius 2 is 2.19 bits per heavy atom. The maximum Gasteiger partial charge on any atom is 0.273 e. The van der Waals surface area contributed by atoms with Crippen molar-refractivity contribution in [3.8, 4) is 0 Å². The van der Waals surface area contributed by atoms with Gasteiger partial charge in [0.15, 0.2) is 5.60 Å². The molecule has 0 radical (unpaired) electrons. The summed E-state index contributed by atoms with van der Waals surface area (Å²) in [6.45, 7) is 3.70. The molecule has 0 aliphatic carbocycles. The zero-order chi connectivity index (χ0) is 22.1. The van der Waals surface area contributed by atoms with E-state index in [4.69, 9.17) is 4.74 Å². The van der Waals surface area contributed by atoms with Crippen LogP contribution in [0.5, 0.6) is 0 Å². The van der Waals surface area contributed by atoms with Gasteiger partial charge in [0.2, 0.25) is 0 Å². The van der Waals surface area contributed by atoms with E-state index in [0.717, 1.165) is 16.3 Å². The van der Waals surface area contributed by atoms with Crippen LogP contribution in [0, 0.1) is 6.92 Å². The molecular formula is C23H23N5O3S. The second kappa shape index (κ2) is 8.40. The van der Waals surface area contributed by atoms with E-state index in [1.807, 2.05) is 37.3 Å². The summed E-state index contributed by atoms with van der Waals surface area (Å²) in [6.07, 6.45) is 5.17. The third-order valence-electron chi connectivity index (χ3n) is 6.05. The molecule has 1 spiro atoms. The van der Waals surface area contributed by atoms with Crippen molar-refractivity contribution in [3.05, 3.63) is 76.3 Å². The minimum absolute atomic E-state index is 0.118. The first-order chi connectivity index (χ1) is 15.6. The zero-order valence-electron chi connectivity index (χ0n) is 17.7. The normalized spacial score (nSPS) is 23.2. The number of rotatable bonds is 4. The average Bonchev–Trinajstić information content (AvgIpc) is 3.42. The Kier molecular flexibility index (Phi) is 5.44. The number of aryl methyl sites for hydroxylation is 1. The Labute approximate surface area is 189 Å². The number of pyridine rings is 2. The second-order valence-corrected chi connectivity index (χ2v) is 9.12. The molecule has 0 bridgehead atoms. The molecule has 2 aliphatic rings. The number of thiazole rings is 1. The van der Waals surface area contributed by atoms with E-state index in [1.165, 1.54) is 11.3 Å². The molecule has 2 atom stereocenters. The maximum absolute atomic E-state index is 13.8. The van der Waals surface area contributed by atoms with Gasteiger partial charge >= 0.3 is 0 Å². The minimum atomic E-state index is -1.16. The van der Waals surface area contributed by atoms with Crippen molar-refractivity contribution in [1.29, 1.82) is 0 Å². The number of likely N-dealkylation sites (tertiary alicyclic amines) is 1. The van der Waals surface area contributed by atoms with Gasteiger partial charge in [-0.15, -0.1) is 11.3 Å². The lowest BCUT2D eigenvalue weighted by Gasteiger charge is -2.42. The van der Waals surface area contributed by atoms with Crippen LogP contribution in [0.15, 0.2) is 54.3 Å². The molecular weight excluding hydrogens is 426 g/mol. The van der Waals surface area contributed by atoms with Gasteiger partial charge in [-0.2, -0.15) is 0 Å². The number of nitrogens with zero attached hydrogens (tertiary/aromatic N) is 5. The summed E-state index contributed by atoms with van der Waals surface area (Å²) in [5.74, 6) is -0.620. The molecule has 3 aromatic rings. The van der Waals surface area contributed by atoms with Gasteiger partial charge in [0.1, 0.15) is 5.69 Å². The van der Waals surface area contributed by atoms with Crippen molar-refractivity contribution in [3.63, 3.8) is 0 Å². The summed E-state index contributed by atoms with van der Waals surface area (Å²) in [4.78, 5) is 43.5. The highest BCUT2D eigenvalue weighted by Crippen LogP contribution is 2.42. The highest BCUT2D eigenvalue weighted by molar-refractivity contribution is 7.09. The Hall–Kier alpha value is -3.17. The SMILES string of the molecule is Cc1nc(C(=O)N2CC(c3cccnc3)C3(C2)OCCN(Cc2ccccn2)C3=O)cs1. The average molecular weight is 450 g/mol. The number of amides is 2. The highest BCUT2D eigenvalue weighted by Gasteiger charge is 2.58. The molecule has 0 aromatic carbocycles. The molecule has 32 heavy (non-hydrogen) atoms. The largest absolute Gasteiger partial charge is 0.361 e. The first kappa shape index (κ1) is 20.7. The summed E-state index contributed by atoms with van der Waals surface area (Å²) >= 11 is 1.44. The van der Waals surface area contributed by atoms with Gasteiger partial charge in [-0.1, -0.05) is 12.1 Å². The van der Waals surface area contributed by atoms with Crippen molar-refractivity contribution >= 4 is 23.2 Å². The van der Waals surface area contributed by atoms with Gasteiger partial charge in [0.25, 0.3) is 11.8 Å². The Morgan fingerprint density at radius 1 is 1.28 bits per heavy atom. The molecule has 8 nitrogen and oxygen atoms in total. The summed E-state index contributed by atoms with van der Waals surface area (Å²) < 4.78 is 6.24. The van der Waals surface area contributed by atoms with Crippen LogP contribution in [0.1, 0.15) is 32.7 Å². The monoisotopic (exact) mass is 449 g/mol. The smallest absolute Gasteiger partial charge is 0.273 e. The fraction of sp³-hybridized carbons (Fsp3) is 0.348. The van der Waals surface area contributed by atoms with Crippen LogP contribution >= 0.6 is 11.3 Å². The quantitative estimate of drug-likeness (QED) is 0.607. The fourth-order valence-electron chi connectivity index (χ4n) is 4.53. The standard InChI is InChI=1S/C23H23N5O3S/c1-16-26-20(14-32-16)21(29)28-13-19(17-5-4-7-24-11-17)23(15-28)22(30)27(9-10-31-23)12-18-6-2-3-8-25-18/h2-8,11,14,19H,9-10,12-13,15H2,1H3. The third-order valence-corrected chi connectivity index (χ3v) is 6.83. The molecule has 2 amide bonds. The van der Waals surface area contributed by atoms with Crippen LogP contribution in [0.3, 0.4) is 0 Å². The molecule has 0 saturated carbocycles. The number of ether oxygens (including phenoxy) is 1. The number of hydrogen-bond acceptors (Lipinski definition) is 7. The lowest BCUT2D eigenvalue weighted by Crippen LogP contribution is -2.60. The predicted molar refractivity (Wildman–Crippen MR) is 118 cm³/mol. The van der Waals surface area contributed by atoms with E-state index >= 15 is 0 Å². The van der Waals surface area contributed by atoms with E-state index in [9.17, 15) is 9.59 Å². The van der Waals surface area contributed by atoms with Gasteiger partial charge in [-0.05, 0) is 30.7 Å². The van der Waals surface area contributed by atoms with Crippen LogP contribution in [-0.2, 0) is 16.1 Å². The summed E-state index contributed by atoms with van der Waals surface area (Å²) in [5.41, 5.74) is 0.949. The van der Waals surface area contributed by atoms with Crippen molar-refractivity contribution in [2.45, 2.75) is 25.0 Å². The van der Waals surface area contributed by atoms with Crippen LogP contribution in [0.2, 0.25) is 0 Å². The number of carbonyl (C=O) groups is 2. The Bertz CT molecular complexity index is 1120. The summed E-state index contributed by atoms with van der Waals surface area (Å²) in [6, 6.07) is 9.45. The minimum Gasteiger partial charge on any atom is -0.361 e. The van der Waals surface area contributed by atoms with Crippen LogP contribution in [0.25, 0.3) is 0 Å². The Balaban J connectivity index is 1.48. The number of hydrogen-bond donors (Lipinski definition) is 0. The zero-order valence-corrected chi connectivity index (χ0v) is 18.5. The van der Waals surface area contributed by atoms with E-state index in [-0.39, 0.29) is 24.3 Å². The maximum atomic E-state index is 13.8. The first-order valence-electron chi connectivity index (χ1n) is 10.5. The molecule has 9 heteroatoms. The van der Waals surface area contributed by atoms with Crippen molar-refractivity contribution < 1.29 is 14.3 Å². The van der Waals surface area contributed by atoms with Gasteiger partial charge in [0, 0.05) is 43.0 Å². The van der Waals surface area contributed by atoms with Crippen LogP contribution in [-0.4, -0.2) is 68.4 Å². The lowest BCUT2D eigenvalue weighted by molar-refractivity contribution is -0.172. The molecule has 2 saturated heterocycles. The van der Waals surface area contributed by atoms with Gasteiger partial charge in [-0.25, -0.2) is 4.98 Å². The van der Waals surface area contributed by atoms with Crippen molar-refractivity contribution in [2.75, 3.05) is 26.2 Å². The molecule has 2 fully saturated rings. The molecule has 2 unspecified atom stereocenters. The fourth-order valence-corrected chi connectivity index (χ4v) is 5.12. The van der Waals surface area contributed by atoms with Crippen LogP contribution < -0.4 is 0 Å². The molecule has 2 aliphatic heterocycles. The van der Waals surface area contributed by atoms with E-state index in [0.29, 0.717) is 31.9 Å². The van der Waals surface area contributed by atoms with Gasteiger partial charge in [-0.3, -0.25) is 19.6 Å². The molecule has 3 aromatic heterocycles.